The number of hydrogen-bond donors (Lipinski definition) is 0. The van der Waals surface area contributed by atoms with E-state index in [0.29, 0.717) is 27.9 Å². The summed E-state index contributed by atoms with van der Waals surface area (Å²) in [6.45, 7) is 18.4. The van der Waals surface area contributed by atoms with Gasteiger partial charge >= 0.3 is 0 Å². The summed E-state index contributed by atoms with van der Waals surface area (Å²) in [5.41, 5.74) is 15.6. The first-order chi connectivity index (χ1) is 40.0. The van der Waals surface area contributed by atoms with Crippen LogP contribution in [0, 0.1) is 20.8 Å². The van der Waals surface area contributed by atoms with Crippen molar-refractivity contribution in [2.75, 3.05) is 36.0 Å². The Kier molecular flexibility index (Phi) is 21.1. The molecule has 0 atom stereocenters. The predicted octanol–water partition coefficient (Wildman–Crippen LogP) is 22.3. The minimum absolute atomic E-state index is 0.374. The quantitative estimate of drug-likeness (QED) is 0.0539. The third-order valence-corrected chi connectivity index (χ3v) is 12.7. The summed E-state index contributed by atoms with van der Waals surface area (Å²) in [4.78, 5) is 12.5. The van der Waals surface area contributed by atoms with Crippen LogP contribution in [0.4, 0.5) is 91.0 Å². The van der Waals surface area contributed by atoms with Crippen molar-refractivity contribution in [2.24, 2.45) is 71.6 Å². The second-order valence-electron chi connectivity index (χ2n) is 18.3. The summed E-state index contributed by atoms with van der Waals surface area (Å²) >= 11 is 5.87. The first-order valence-electron chi connectivity index (χ1n) is 26.7. The molecule has 0 bridgehead atoms. The van der Waals surface area contributed by atoms with Gasteiger partial charge in [0.25, 0.3) is 0 Å². The van der Waals surface area contributed by atoms with Crippen molar-refractivity contribution in [3.63, 3.8) is 0 Å². The lowest BCUT2D eigenvalue weighted by atomic mass is 10.2. The molecule has 9 rings (SSSR count). The molecule has 0 aliphatic rings. The van der Waals surface area contributed by atoms with Gasteiger partial charge in [-0.05, 0) is 235 Å². The van der Waals surface area contributed by atoms with Gasteiger partial charge in [-0.15, -0.1) is 0 Å². The molecular formula is C63H61ClN18. The average Bonchev–Trinajstić information content (AvgIpc) is 3.51. The Bertz CT molecular complexity index is 3720. The number of rotatable bonds is 20. The van der Waals surface area contributed by atoms with Crippen molar-refractivity contribution in [3.8, 4) is 0 Å². The van der Waals surface area contributed by atoms with Gasteiger partial charge in [-0.3, -0.25) is 4.98 Å². The molecule has 0 N–H and O–H groups in total. The molecule has 19 heteroatoms. The van der Waals surface area contributed by atoms with Gasteiger partial charge in [-0.25, -0.2) is 4.98 Å². The van der Waals surface area contributed by atoms with Gasteiger partial charge in [-0.2, -0.15) is 71.6 Å². The SMILES string of the molecule is CCN(CC)c1ccc(N=Nc2ccc(N=Nc3ccc(N=Nc4ccc(N=Nc5ccncc5)cc4)c(C)c3)c(C)c2)cc1.CCN(CC)c1ccc(N=Nc2ccc(N=Nc3ccc(N=Nc4ccnc(Cl)c4)cc3)c(C)c2)cc1. The van der Waals surface area contributed by atoms with E-state index in [1.165, 1.54) is 11.4 Å². The average molecular weight is 1110 g/mol. The van der Waals surface area contributed by atoms with E-state index < -0.39 is 0 Å². The van der Waals surface area contributed by atoms with Crippen LogP contribution in [-0.4, -0.2) is 36.1 Å². The molecule has 0 aliphatic carbocycles. The maximum absolute atomic E-state index is 5.87. The van der Waals surface area contributed by atoms with E-state index in [1.807, 2.05) is 148 Å². The monoisotopic (exact) mass is 1100 g/mol. The number of hydrogen-bond acceptors (Lipinski definition) is 18. The molecule has 0 saturated carbocycles. The minimum atomic E-state index is 0.374. The van der Waals surface area contributed by atoms with E-state index >= 15 is 0 Å². The smallest absolute Gasteiger partial charge is 0.131 e. The molecule has 0 fully saturated rings. The highest BCUT2D eigenvalue weighted by Crippen LogP contribution is 2.33. The number of nitrogens with zero attached hydrogens (tertiary/aromatic N) is 18. The molecule has 410 valence electrons. The minimum Gasteiger partial charge on any atom is -0.372 e. The summed E-state index contributed by atoms with van der Waals surface area (Å²) in [5.74, 6) is 0. The third kappa shape index (κ3) is 17.5. The van der Waals surface area contributed by atoms with Gasteiger partial charge in [-0.1, -0.05) is 11.6 Å². The molecule has 18 nitrogen and oxygen atoms in total. The highest BCUT2D eigenvalue weighted by Gasteiger charge is 2.06. The van der Waals surface area contributed by atoms with Crippen molar-refractivity contribution in [1.82, 2.24) is 9.97 Å². The lowest BCUT2D eigenvalue weighted by Gasteiger charge is -2.20. The number of halogens is 1. The lowest BCUT2D eigenvalue weighted by molar-refractivity contribution is 0.866. The molecule has 0 radical (unpaired) electrons. The molecule has 0 spiro atoms. The molecule has 0 unspecified atom stereocenters. The van der Waals surface area contributed by atoms with Gasteiger partial charge in [0.05, 0.1) is 79.6 Å². The maximum Gasteiger partial charge on any atom is 0.131 e. The Labute approximate surface area is 482 Å². The zero-order valence-corrected chi connectivity index (χ0v) is 47.5. The Hall–Kier alpha value is -10.1. The summed E-state index contributed by atoms with van der Waals surface area (Å²) in [6.07, 6.45) is 4.94. The van der Waals surface area contributed by atoms with E-state index in [1.54, 1.807) is 42.9 Å². The molecule has 82 heavy (non-hydrogen) atoms. The standard InChI is InChI=1S/C35H34N10.C28H27ClN8/c1-5-45(6-2)33-15-11-29(12-16-33)38-41-31-13-17-35(25(3)23-31)44-42-32-14-18-34(26(4)24-32)43-40-28-9-7-27(8-10-28)37-39-30-19-21-36-22-20-30;1-4-37(5-2)26-13-10-23(11-14-26)32-34-24-12-15-27(20(3)18-24)36-33-22-8-6-21(7-9-22)31-35-25-16-17-30-28(29)19-25/h7-24H,5-6H2,1-4H3;6-19H,4-5H2,1-3H3. The van der Waals surface area contributed by atoms with Crippen LogP contribution in [0.15, 0.2) is 266 Å². The number of anilines is 2. The Morgan fingerprint density at radius 1 is 0.293 bits per heavy atom. The van der Waals surface area contributed by atoms with Crippen LogP contribution < -0.4 is 9.80 Å². The van der Waals surface area contributed by atoms with Gasteiger partial charge in [0.1, 0.15) is 5.15 Å². The Morgan fingerprint density at radius 3 is 0.841 bits per heavy atom. The van der Waals surface area contributed by atoms with Crippen LogP contribution in [-0.2, 0) is 0 Å². The molecule has 0 saturated heterocycles. The molecule has 2 aromatic heterocycles. The Balaban J connectivity index is 0.000000219. The van der Waals surface area contributed by atoms with Gasteiger partial charge < -0.3 is 9.80 Å². The number of azo groups is 7. The highest BCUT2D eigenvalue weighted by molar-refractivity contribution is 6.29. The molecule has 2 heterocycles. The van der Waals surface area contributed by atoms with Crippen molar-refractivity contribution in [1.29, 1.82) is 0 Å². The van der Waals surface area contributed by atoms with E-state index in [-0.39, 0.29) is 0 Å². The fourth-order valence-electron chi connectivity index (χ4n) is 7.91. The van der Waals surface area contributed by atoms with Crippen molar-refractivity contribution in [3.05, 3.63) is 216 Å². The summed E-state index contributed by atoms with van der Waals surface area (Å²) in [6, 6.07) is 55.0. The molecule has 7 aromatic carbocycles. The zero-order valence-electron chi connectivity index (χ0n) is 46.7. The van der Waals surface area contributed by atoms with Gasteiger partial charge in [0.15, 0.2) is 0 Å². The predicted molar refractivity (Wildman–Crippen MR) is 329 cm³/mol. The van der Waals surface area contributed by atoms with Crippen LogP contribution in [0.25, 0.3) is 0 Å². The number of aromatic nitrogens is 2. The topological polar surface area (TPSA) is 205 Å². The number of aryl methyl sites for hydroxylation is 3. The number of pyridine rings is 2. The van der Waals surface area contributed by atoms with Gasteiger partial charge in [0, 0.05) is 62.2 Å². The summed E-state index contributed by atoms with van der Waals surface area (Å²) in [5, 5.41) is 61.1. The normalized spacial score (nSPS) is 11.8. The Morgan fingerprint density at radius 2 is 0.537 bits per heavy atom. The second-order valence-corrected chi connectivity index (χ2v) is 18.7. The second kappa shape index (κ2) is 29.8. The molecule has 0 amide bonds. The third-order valence-electron chi connectivity index (χ3n) is 12.5. The largest absolute Gasteiger partial charge is 0.372 e. The fraction of sp³-hybridized carbons (Fsp3) is 0.175. The molecule has 0 aliphatic heterocycles. The molecular weight excluding hydrogens is 1040 g/mol. The van der Waals surface area contributed by atoms with Crippen molar-refractivity contribution in [2.45, 2.75) is 48.5 Å². The first kappa shape index (κ1) is 58.1. The fourth-order valence-corrected chi connectivity index (χ4v) is 8.08. The van der Waals surface area contributed by atoms with E-state index in [0.717, 1.165) is 99.7 Å². The summed E-state index contributed by atoms with van der Waals surface area (Å²) < 4.78 is 0. The van der Waals surface area contributed by atoms with E-state index in [9.17, 15) is 0 Å². The maximum atomic E-state index is 5.87. The molecule has 9 aromatic rings. The van der Waals surface area contributed by atoms with Crippen LogP contribution in [0.2, 0.25) is 5.15 Å². The van der Waals surface area contributed by atoms with E-state index in [4.69, 9.17) is 11.6 Å². The number of benzene rings is 7. The van der Waals surface area contributed by atoms with E-state index in [2.05, 4.69) is 143 Å². The lowest BCUT2D eigenvalue weighted by Crippen LogP contribution is -2.21. The first-order valence-corrected chi connectivity index (χ1v) is 27.1. The van der Waals surface area contributed by atoms with Crippen molar-refractivity contribution >= 4 is 103 Å². The van der Waals surface area contributed by atoms with Crippen LogP contribution in [0.3, 0.4) is 0 Å². The van der Waals surface area contributed by atoms with Crippen LogP contribution in [0.1, 0.15) is 44.4 Å². The van der Waals surface area contributed by atoms with Crippen LogP contribution >= 0.6 is 11.6 Å². The van der Waals surface area contributed by atoms with Crippen molar-refractivity contribution < 1.29 is 0 Å². The zero-order chi connectivity index (χ0) is 57.5. The van der Waals surface area contributed by atoms with Gasteiger partial charge in [0.2, 0.25) is 0 Å². The summed E-state index contributed by atoms with van der Waals surface area (Å²) in [7, 11) is 0. The van der Waals surface area contributed by atoms with Crippen LogP contribution in [0.5, 0.6) is 0 Å². The highest BCUT2D eigenvalue weighted by atomic mass is 35.5.